The summed E-state index contributed by atoms with van der Waals surface area (Å²) in [5.74, 6) is 0.244. The fraction of sp³-hybridized carbons (Fsp3) is 0.333. The summed E-state index contributed by atoms with van der Waals surface area (Å²) in [5.41, 5.74) is 4.50. The lowest BCUT2D eigenvalue weighted by molar-refractivity contribution is 0.389. The van der Waals surface area contributed by atoms with Crippen LogP contribution in [0.5, 0.6) is 0 Å². The molecule has 2 aromatic heterocycles. The first-order valence-electron chi connectivity index (χ1n) is 11.3. The van der Waals surface area contributed by atoms with Crippen LogP contribution in [0, 0.1) is 5.92 Å². The summed E-state index contributed by atoms with van der Waals surface area (Å²) in [6.07, 6.45) is 1.82. The van der Waals surface area contributed by atoms with Crippen molar-refractivity contribution in [2.45, 2.75) is 51.3 Å². The van der Waals surface area contributed by atoms with Crippen LogP contribution in [0.3, 0.4) is 0 Å². The summed E-state index contributed by atoms with van der Waals surface area (Å²) in [4.78, 5) is 4.69. The molecule has 0 saturated carbocycles. The van der Waals surface area contributed by atoms with Gasteiger partial charge in [-0.2, -0.15) is 0 Å². The van der Waals surface area contributed by atoms with Gasteiger partial charge in [0.1, 0.15) is 10.4 Å². The number of pyridine rings is 1. The van der Waals surface area contributed by atoms with Crippen LogP contribution in [0.25, 0.3) is 22.2 Å². The summed E-state index contributed by atoms with van der Waals surface area (Å²) in [6, 6.07) is 21.8. The maximum absolute atomic E-state index is 13.4. The number of para-hydroxylation sites is 1. The number of benzene rings is 2. The van der Waals surface area contributed by atoms with Gasteiger partial charge < -0.3 is 9.08 Å². The second-order valence-electron chi connectivity index (χ2n) is 9.62. The number of fused-ring (bicyclic) bond motifs is 1. The van der Waals surface area contributed by atoms with Crippen molar-refractivity contribution in [2.75, 3.05) is 0 Å². The first-order valence-corrected chi connectivity index (χ1v) is 12.4. The van der Waals surface area contributed by atoms with Crippen molar-refractivity contribution in [1.82, 2.24) is 14.9 Å². The highest BCUT2D eigenvalue weighted by Crippen LogP contribution is 2.42. The van der Waals surface area contributed by atoms with E-state index in [0.29, 0.717) is 0 Å². The van der Waals surface area contributed by atoms with Crippen molar-refractivity contribution in [3.05, 3.63) is 84.2 Å². The second-order valence-corrected chi connectivity index (χ2v) is 11.6. The lowest BCUT2D eigenvalue weighted by atomic mass is 9.80. The highest BCUT2D eigenvalue weighted by molar-refractivity contribution is 7.90. The molecule has 0 saturated heterocycles. The molecule has 0 aliphatic carbocycles. The fourth-order valence-corrected chi connectivity index (χ4v) is 5.01. The van der Waals surface area contributed by atoms with E-state index in [1.165, 1.54) is 0 Å². The van der Waals surface area contributed by atoms with Crippen LogP contribution in [0.4, 0.5) is 0 Å². The topological polar surface area (TPSA) is 74.0 Å². The van der Waals surface area contributed by atoms with Crippen LogP contribution in [0.1, 0.15) is 57.8 Å². The van der Waals surface area contributed by atoms with E-state index in [2.05, 4.69) is 40.8 Å². The number of hydrogen-bond donors (Lipinski definition) is 1. The predicted octanol–water partition coefficient (Wildman–Crippen LogP) is 6.42. The minimum Gasteiger partial charge on any atom is -0.598 e. The molecule has 0 fully saturated rings. The van der Waals surface area contributed by atoms with Crippen molar-refractivity contribution in [3.8, 4) is 11.3 Å². The molecule has 4 rings (SSSR count). The summed E-state index contributed by atoms with van der Waals surface area (Å²) in [6.45, 7) is 10.3. The predicted molar refractivity (Wildman–Crippen MR) is 135 cm³/mol. The van der Waals surface area contributed by atoms with Gasteiger partial charge >= 0.3 is 0 Å². The molecule has 0 spiro atoms. The maximum Gasteiger partial charge on any atom is 0.167 e. The smallest absolute Gasteiger partial charge is 0.167 e. The molecule has 6 heteroatoms. The third-order valence-electron chi connectivity index (χ3n) is 5.83. The quantitative estimate of drug-likeness (QED) is 0.321. The van der Waals surface area contributed by atoms with Gasteiger partial charge in [-0.25, -0.2) is 0 Å². The van der Waals surface area contributed by atoms with Gasteiger partial charge in [-0.15, -0.1) is 4.72 Å². The molecule has 3 atom stereocenters. The Morgan fingerprint density at radius 1 is 0.939 bits per heavy atom. The zero-order valence-corrected chi connectivity index (χ0v) is 20.6. The fourth-order valence-electron chi connectivity index (χ4n) is 4.16. The molecular formula is C27H31N3O2S. The van der Waals surface area contributed by atoms with E-state index < -0.39 is 16.1 Å². The largest absolute Gasteiger partial charge is 0.598 e. The molecule has 2 unspecified atom stereocenters. The summed E-state index contributed by atoms with van der Waals surface area (Å²) in [5, 5.41) is 5.38. The van der Waals surface area contributed by atoms with Crippen LogP contribution in [-0.4, -0.2) is 19.4 Å². The van der Waals surface area contributed by atoms with Crippen molar-refractivity contribution in [3.63, 3.8) is 0 Å². The molecular weight excluding hydrogens is 430 g/mol. The van der Waals surface area contributed by atoms with Crippen LogP contribution >= 0.6 is 0 Å². The average Bonchev–Trinajstić information content (AvgIpc) is 3.22. The number of nitrogens with zero attached hydrogens (tertiary/aromatic N) is 2. The van der Waals surface area contributed by atoms with Crippen LogP contribution in [0.2, 0.25) is 0 Å². The highest BCUT2D eigenvalue weighted by atomic mass is 32.2. The molecule has 0 radical (unpaired) electrons. The van der Waals surface area contributed by atoms with E-state index in [9.17, 15) is 4.55 Å². The second kappa shape index (κ2) is 9.67. The van der Waals surface area contributed by atoms with Crippen LogP contribution in [-0.2, 0) is 11.4 Å². The molecule has 2 heterocycles. The Hall–Kier alpha value is -2.67. The highest BCUT2D eigenvalue weighted by Gasteiger charge is 2.37. The molecule has 2 aromatic carbocycles. The summed E-state index contributed by atoms with van der Waals surface area (Å²) in [7, 11) is 0. The van der Waals surface area contributed by atoms with Gasteiger partial charge in [-0.1, -0.05) is 61.5 Å². The Bertz CT molecular complexity index is 1200. The van der Waals surface area contributed by atoms with E-state index in [1.807, 2.05) is 81.6 Å². The minimum absolute atomic E-state index is 0.00295. The lowest BCUT2D eigenvalue weighted by Gasteiger charge is -2.34. The molecule has 1 N–H and O–H groups in total. The monoisotopic (exact) mass is 461 g/mol. The molecule has 0 aliphatic rings. The molecule has 172 valence electrons. The Morgan fingerprint density at radius 3 is 2.33 bits per heavy atom. The van der Waals surface area contributed by atoms with Crippen molar-refractivity contribution < 1.29 is 9.08 Å². The molecule has 33 heavy (non-hydrogen) atoms. The van der Waals surface area contributed by atoms with Crippen molar-refractivity contribution >= 4 is 22.3 Å². The average molecular weight is 462 g/mol. The Kier molecular flexibility index (Phi) is 6.88. The van der Waals surface area contributed by atoms with Gasteiger partial charge in [0, 0.05) is 40.1 Å². The summed E-state index contributed by atoms with van der Waals surface area (Å²) < 4.78 is 22.0. The van der Waals surface area contributed by atoms with E-state index in [1.54, 1.807) is 0 Å². The van der Waals surface area contributed by atoms with Gasteiger partial charge in [-0.3, -0.25) is 4.98 Å². The Balaban J connectivity index is 1.90. The van der Waals surface area contributed by atoms with Crippen molar-refractivity contribution in [1.29, 1.82) is 0 Å². The number of aromatic nitrogens is 2. The van der Waals surface area contributed by atoms with E-state index in [4.69, 9.17) is 4.52 Å². The maximum atomic E-state index is 13.4. The third-order valence-corrected chi connectivity index (χ3v) is 7.41. The zero-order valence-electron chi connectivity index (χ0n) is 19.8. The Labute approximate surface area is 198 Å². The molecule has 4 aromatic rings. The van der Waals surface area contributed by atoms with E-state index in [-0.39, 0.29) is 17.9 Å². The molecule has 5 nitrogen and oxygen atoms in total. The van der Waals surface area contributed by atoms with Gasteiger partial charge in [0.2, 0.25) is 0 Å². The standard InChI is InChI=1S/C27H31N3O2S/c1-18(2)24(22-15-10-11-17-28-22)26(30-33(31)27(3,4)5)20-13-7-6-12-19(20)25-21-14-8-9-16-23(21)32-29-25/h6-18,24,26,30H,1-5H3/t24?,26?,33-/m0/s1. The van der Waals surface area contributed by atoms with E-state index in [0.717, 1.165) is 33.5 Å². The van der Waals surface area contributed by atoms with Crippen molar-refractivity contribution in [2.24, 2.45) is 5.92 Å². The molecule has 0 amide bonds. The lowest BCUT2D eigenvalue weighted by Crippen LogP contribution is -2.43. The van der Waals surface area contributed by atoms with Gasteiger partial charge in [0.15, 0.2) is 5.58 Å². The van der Waals surface area contributed by atoms with Crippen LogP contribution in [0.15, 0.2) is 77.4 Å². The molecule has 0 aliphatic heterocycles. The van der Waals surface area contributed by atoms with Crippen LogP contribution < -0.4 is 4.72 Å². The summed E-state index contributed by atoms with van der Waals surface area (Å²) >= 11 is -1.28. The van der Waals surface area contributed by atoms with Gasteiger partial charge in [0.05, 0.1) is 6.04 Å². The zero-order chi connectivity index (χ0) is 23.6. The first-order chi connectivity index (χ1) is 15.8. The minimum atomic E-state index is -1.28. The number of nitrogens with one attached hydrogen (secondary N) is 1. The van der Waals surface area contributed by atoms with Gasteiger partial charge in [0.25, 0.3) is 0 Å². The normalized spacial score (nSPS) is 15.0. The SMILES string of the molecule is CC(C)C(c1ccccn1)C(N[S@@+]([O-])C(C)(C)C)c1ccccc1-c1noc2ccccc12. The number of rotatable bonds is 7. The molecule has 0 bridgehead atoms. The van der Waals surface area contributed by atoms with E-state index >= 15 is 0 Å². The Morgan fingerprint density at radius 2 is 1.64 bits per heavy atom. The first kappa shape index (κ1) is 23.5. The number of hydrogen-bond acceptors (Lipinski definition) is 5. The third kappa shape index (κ3) is 4.98. The van der Waals surface area contributed by atoms with Gasteiger partial charge in [-0.05, 0) is 56.5 Å².